The minimum Gasteiger partial charge on any atom is -0.397 e. The van der Waals surface area contributed by atoms with Crippen molar-refractivity contribution in [3.05, 3.63) is 36.4 Å². The number of aromatic nitrogens is 3. The molecule has 0 saturated carbocycles. The summed E-state index contributed by atoms with van der Waals surface area (Å²) in [4.78, 5) is 3.85. The molecule has 0 atom stereocenters. The van der Waals surface area contributed by atoms with Crippen molar-refractivity contribution in [2.45, 2.75) is 6.54 Å². The van der Waals surface area contributed by atoms with Crippen LogP contribution in [0.25, 0.3) is 5.69 Å². The maximum Gasteiger partial charge on any atom is 0.138 e. The largest absolute Gasteiger partial charge is 0.397 e. The van der Waals surface area contributed by atoms with Gasteiger partial charge < -0.3 is 11.5 Å². The molecule has 0 bridgehead atoms. The SMILES string of the molecule is NCc1ccc(-n2cncn2)c(N)c1. The molecule has 0 fully saturated rings. The first kappa shape index (κ1) is 8.71. The van der Waals surface area contributed by atoms with Gasteiger partial charge in [-0.25, -0.2) is 9.67 Å². The molecule has 1 aromatic heterocycles. The smallest absolute Gasteiger partial charge is 0.138 e. The summed E-state index contributed by atoms with van der Waals surface area (Å²) in [6, 6.07) is 5.65. The fourth-order valence-corrected chi connectivity index (χ4v) is 1.27. The number of nitrogens with two attached hydrogens (primary N) is 2. The average Bonchev–Trinajstić information content (AvgIpc) is 2.70. The van der Waals surface area contributed by atoms with Crippen LogP contribution in [0.3, 0.4) is 0 Å². The quantitative estimate of drug-likeness (QED) is 0.666. The van der Waals surface area contributed by atoms with Crippen LogP contribution in [0, 0.1) is 0 Å². The van der Waals surface area contributed by atoms with E-state index in [2.05, 4.69) is 10.1 Å². The Morgan fingerprint density at radius 2 is 2.21 bits per heavy atom. The highest BCUT2D eigenvalue weighted by molar-refractivity contribution is 5.58. The second kappa shape index (κ2) is 3.47. The van der Waals surface area contributed by atoms with E-state index < -0.39 is 0 Å². The molecule has 0 radical (unpaired) electrons. The molecule has 0 aliphatic rings. The van der Waals surface area contributed by atoms with Crippen LogP contribution < -0.4 is 11.5 Å². The van der Waals surface area contributed by atoms with Crippen LogP contribution in [0.5, 0.6) is 0 Å². The van der Waals surface area contributed by atoms with E-state index >= 15 is 0 Å². The van der Waals surface area contributed by atoms with Gasteiger partial charge in [0.05, 0.1) is 11.4 Å². The third kappa shape index (κ3) is 1.45. The normalized spacial score (nSPS) is 10.4. The van der Waals surface area contributed by atoms with E-state index in [-0.39, 0.29) is 0 Å². The number of nitrogen functional groups attached to an aromatic ring is 1. The summed E-state index contributed by atoms with van der Waals surface area (Å²) in [5.74, 6) is 0. The van der Waals surface area contributed by atoms with E-state index in [0.717, 1.165) is 11.3 Å². The molecule has 0 aliphatic carbocycles. The van der Waals surface area contributed by atoms with Crippen molar-refractivity contribution in [2.24, 2.45) is 5.73 Å². The Morgan fingerprint density at radius 3 is 2.79 bits per heavy atom. The lowest BCUT2D eigenvalue weighted by Crippen LogP contribution is -2.03. The maximum absolute atomic E-state index is 5.84. The lowest BCUT2D eigenvalue weighted by Gasteiger charge is -2.06. The Balaban J connectivity index is 2.46. The molecule has 0 unspecified atom stereocenters. The topological polar surface area (TPSA) is 82.8 Å². The third-order valence-corrected chi connectivity index (χ3v) is 1.99. The fraction of sp³-hybridized carbons (Fsp3) is 0.111. The van der Waals surface area contributed by atoms with Gasteiger partial charge in [0.1, 0.15) is 12.7 Å². The Hall–Kier alpha value is -1.88. The lowest BCUT2D eigenvalue weighted by molar-refractivity contribution is 0.879. The van der Waals surface area contributed by atoms with Crippen LogP contribution in [-0.2, 0) is 6.54 Å². The van der Waals surface area contributed by atoms with E-state index in [1.807, 2.05) is 18.2 Å². The molecule has 4 N–H and O–H groups in total. The highest BCUT2D eigenvalue weighted by Gasteiger charge is 2.02. The minimum absolute atomic E-state index is 0.488. The molecular formula is C9H11N5. The van der Waals surface area contributed by atoms with Crippen molar-refractivity contribution in [2.75, 3.05) is 5.73 Å². The Morgan fingerprint density at radius 1 is 1.36 bits per heavy atom. The van der Waals surface area contributed by atoms with Gasteiger partial charge in [0, 0.05) is 6.54 Å². The zero-order valence-electron chi connectivity index (χ0n) is 7.59. The first-order chi connectivity index (χ1) is 6.81. The number of rotatable bonds is 2. The Kier molecular flexibility index (Phi) is 2.16. The molecule has 72 valence electrons. The van der Waals surface area contributed by atoms with Crippen molar-refractivity contribution in [1.29, 1.82) is 0 Å². The third-order valence-electron chi connectivity index (χ3n) is 1.99. The van der Waals surface area contributed by atoms with Gasteiger partial charge in [-0.05, 0) is 17.7 Å². The maximum atomic E-state index is 5.84. The van der Waals surface area contributed by atoms with Crippen molar-refractivity contribution >= 4 is 5.69 Å². The summed E-state index contributed by atoms with van der Waals surface area (Å²) in [5.41, 5.74) is 13.8. The van der Waals surface area contributed by atoms with Crippen LogP contribution in [0.2, 0.25) is 0 Å². The van der Waals surface area contributed by atoms with Gasteiger partial charge in [0.15, 0.2) is 0 Å². The number of hydrogen-bond acceptors (Lipinski definition) is 4. The molecule has 14 heavy (non-hydrogen) atoms. The summed E-state index contributed by atoms with van der Waals surface area (Å²) in [6.45, 7) is 0.488. The highest BCUT2D eigenvalue weighted by atomic mass is 15.3. The molecule has 0 saturated heterocycles. The van der Waals surface area contributed by atoms with Crippen molar-refractivity contribution in [1.82, 2.24) is 14.8 Å². The van der Waals surface area contributed by atoms with Gasteiger partial charge in [-0.2, -0.15) is 5.10 Å². The van der Waals surface area contributed by atoms with E-state index in [9.17, 15) is 0 Å². The summed E-state index contributed by atoms with van der Waals surface area (Å²) in [5, 5.41) is 4.00. The zero-order chi connectivity index (χ0) is 9.97. The van der Waals surface area contributed by atoms with E-state index in [1.54, 1.807) is 11.0 Å². The molecule has 0 spiro atoms. The van der Waals surface area contributed by atoms with Crippen LogP contribution >= 0.6 is 0 Å². The van der Waals surface area contributed by atoms with Crippen LogP contribution in [-0.4, -0.2) is 14.8 Å². The highest BCUT2D eigenvalue weighted by Crippen LogP contribution is 2.17. The van der Waals surface area contributed by atoms with Crippen LogP contribution in [0.4, 0.5) is 5.69 Å². The first-order valence-corrected chi connectivity index (χ1v) is 4.24. The molecule has 1 heterocycles. The molecule has 2 aromatic rings. The summed E-state index contributed by atoms with van der Waals surface area (Å²) in [6.07, 6.45) is 3.07. The van der Waals surface area contributed by atoms with Gasteiger partial charge >= 0.3 is 0 Å². The Labute approximate surface area is 81.4 Å². The van der Waals surface area contributed by atoms with E-state index in [1.165, 1.54) is 6.33 Å². The lowest BCUT2D eigenvalue weighted by atomic mass is 10.2. The average molecular weight is 189 g/mol. The monoisotopic (exact) mass is 189 g/mol. The predicted octanol–water partition coefficient (Wildman–Crippen LogP) is 0.308. The molecule has 5 nitrogen and oxygen atoms in total. The zero-order valence-corrected chi connectivity index (χ0v) is 7.59. The van der Waals surface area contributed by atoms with Gasteiger partial charge in [-0.3, -0.25) is 0 Å². The number of benzene rings is 1. The summed E-state index contributed by atoms with van der Waals surface area (Å²) < 4.78 is 1.62. The second-order valence-corrected chi connectivity index (χ2v) is 2.94. The van der Waals surface area contributed by atoms with E-state index in [4.69, 9.17) is 11.5 Å². The van der Waals surface area contributed by atoms with Crippen LogP contribution in [0.15, 0.2) is 30.9 Å². The van der Waals surface area contributed by atoms with Gasteiger partial charge in [0.25, 0.3) is 0 Å². The minimum atomic E-state index is 0.488. The second-order valence-electron chi connectivity index (χ2n) is 2.94. The first-order valence-electron chi connectivity index (χ1n) is 4.24. The molecular weight excluding hydrogens is 178 g/mol. The molecule has 0 amide bonds. The molecule has 5 heteroatoms. The molecule has 0 aliphatic heterocycles. The Bertz CT molecular complexity index is 421. The number of nitrogens with zero attached hydrogens (tertiary/aromatic N) is 3. The standard InChI is InChI=1S/C9H11N5/c10-4-7-1-2-9(8(11)3-7)14-6-12-5-13-14/h1-3,5-6H,4,10-11H2. The molecule has 1 aromatic carbocycles. The summed E-state index contributed by atoms with van der Waals surface area (Å²) >= 11 is 0. The van der Waals surface area contributed by atoms with Crippen molar-refractivity contribution < 1.29 is 0 Å². The van der Waals surface area contributed by atoms with Crippen molar-refractivity contribution in [3.8, 4) is 5.69 Å². The van der Waals surface area contributed by atoms with Gasteiger partial charge in [0.2, 0.25) is 0 Å². The van der Waals surface area contributed by atoms with Crippen LogP contribution in [0.1, 0.15) is 5.56 Å². The number of anilines is 1. The summed E-state index contributed by atoms with van der Waals surface area (Å²) in [7, 11) is 0. The van der Waals surface area contributed by atoms with Crippen molar-refractivity contribution in [3.63, 3.8) is 0 Å². The molecule has 2 rings (SSSR count). The van der Waals surface area contributed by atoms with Gasteiger partial charge in [-0.15, -0.1) is 0 Å². The fourth-order valence-electron chi connectivity index (χ4n) is 1.27. The van der Waals surface area contributed by atoms with E-state index in [0.29, 0.717) is 12.2 Å². The van der Waals surface area contributed by atoms with Gasteiger partial charge in [-0.1, -0.05) is 6.07 Å². The predicted molar refractivity (Wildman–Crippen MR) is 53.7 cm³/mol. The number of hydrogen-bond donors (Lipinski definition) is 2.